The molecular formula is C16H18N2OS. The molecule has 1 aliphatic heterocycles. The number of rotatable bonds is 2. The largest absolute Gasteiger partial charge is 0.354 e. The molecule has 0 unspecified atom stereocenters. The van der Waals surface area contributed by atoms with E-state index in [-0.39, 0.29) is 4.75 Å². The number of aromatic nitrogens is 1. The fourth-order valence-electron chi connectivity index (χ4n) is 2.66. The zero-order chi connectivity index (χ0) is 14.2. The summed E-state index contributed by atoms with van der Waals surface area (Å²) in [7, 11) is 0. The molecule has 0 N–H and O–H groups in total. The van der Waals surface area contributed by atoms with Crippen molar-refractivity contribution in [2.24, 2.45) is 0 Å². The molecule has 1 aliphatic rings. The number of para-hydroxylation sites is 1. The Bertz CT molecular complexity index is 654. The maximum absolute atomic E-state index is 11.4. The monoisotopic (exact) mass is 286 g/mol. The third-order valence-corrected chi connectivity index (χ3v) is 4.88. The van der Waals surface area contributed by atoms with Crippen molar-refractivity contribution in [2.45, 2.75) is 18.6 Å². The van der Waals surface area contributed by atoms with Gasteiger partial charge in [0.25, 0.3) is 0 Å². The summed E-state index contributed by atoms with van der Waals surface area (Å²) < 4.78 is 0.200. The summed E-state index contributed by atoms with van der Waals surface area (Å²) in [4.78, 5) is 18.4. The van der Waals surface area contributed by atoms with Crippen LogP contribution in [0.15, 0.2) is 30.3 Å². The van der Waals surface area contributed by atoms with E-state index in [2.05, 4.69) is 18.7 Å². The van der Waals surface area contributed by atoms with E-state index in [0.717, 1.165) is 41.8 Å². The lowest BCUT2D eigenvalue weighted by Gasteiger charge is -2.38. The van der Waals surface area contributed by atoms with Gasteiger partial charge in [-0.25, -0.2) is 4.98 Å². The van der Waals surface area contributed by atoms with Gasteiger partial charge >= 0.3 is 0 Å². The summed E-state index contributed by atoms with van der Waals surface area (Å²) in [5, 5.41) is 1.02. The van der Waals surface area contributed by atoms with E-state index in [0.29, 0.717) is 5.56 Å². The average molecular weight is 286 g/mol. The van der Waals surface area contributed by atoms with Crippen molar-refractivity contribution in [1.82, 2.24) is 4.98 Å². The van der Waals surface area contributed by atoms with E-state index in [1.165, 1.54) is 0 Å². The quantitative estimate of drug-likeness (QED) is 0.792. The summed E-state index contributed by atoms with van der Waals surface area (Å²) in [6, 6.07) is 9.89. The molecule has 0 atom stereocenters. The van der Waals surface area contributed by atoms with Crippen LogP contribution in [0.5, 0.6) is 0 Å². The van der Waals surface area contributed by atoms with Crippen LogP contribution >= 0.6 is 11.8 Å². The topological polar surface area (TPSA) is 33.2 Å². The Morgan fingerprint density at radius 1 is 1.35 bits per heavy atom. The van der Waals surface area contributed by atoms with Crippen LogP contribution < -0.4 is 4.90 Å². The van der Waals surface area contributed by atoms with E-state index in [1.807, 2.05) is 42.1 Å². The Morgan fingerprint density at radius 2 is 2.15 bits per heavy atom. The number of hydrogen-bond acceptors (Lipinski definition) is 4. The second-order valence-electron chi connectivity index (χ2n) is 5.74. The van der Waals surface area contributed by atoms with Crippen molar-refractivity contribution in [2.75, 3.05) is 23.7 Å². The summed E-state index contributed by atoms with van der Waals surface area (Å²) in [6.45, 7) is 6.35. The predicted octanol–water partition coefficient (Wildman–Crippen LogP) is 3.38. The number of benzene rings is 1. The van der Waals surface area contributed by atoms with Gasteiger partial charge in [0, 0.05) is 29.0 Å². The van der Waals surface area contributed by atoms with Crippen molar-refractivity contribution in [3.8, 4) is 0 Å². The van der Waals surface area contributed by atoms with Gasteiger partial charge < -0.3 is 4.90 Å². The lowest BCUT2D eigenvalue weighted by molar-refractivity contribution is 0.112. The molecule has 2 heterocycles. The lowest BCUT2D eigenvalue weighted by atomic mass is 10.1. The minimum Gasteiger partial charge on any atom is -0.354 e. The molecule has 0 amide bonds. The van der Waals surface area contributed by atoms with E-state index < -0.39 is 0 Å². The van der Waals surface area contributed by atoms with Gasteiger partial charge in [-0.1, -0.05) is 18.2 Å². The molecule has 1 aromatic carbocycles. The zero-order valence-electron chi connectivity index (χ0n) is 11.8. The third kappa shape index (κ3) is 2.52. The average Bonchev–Trinajstić information content (AvgIpc) is 2.44. The number of pyridine rings is 1. The highest BCUT2D eigenvalue weighted by Gasteiger charge is 2.29. The third-order valence-electron chi connectivity index (χ3n) is 3.58. The number of thioether (sulfide) groups is 1. The molecule has 0 bridgehead atoms. The van der Waals surface area contributed by atoms with Crippen LogP contribution in [0.3, 0.4) is 0 Å². The predicted molar refractivity (Wildman–Crippen MR) is 85.9 cm³/mol. The molecule has 20 heavy (non-hydrogen) atoms. The van der Waals surface area contributed by atoms with Gasteiger partial charge in [-0.05, 0) is 26.0 Å². The highest BCUT2D eigenvalue weighted by molar-refractivity contribution is 8.00. The van der Waals surface area contributed by atoms with Crippen molar-refractivity contribution in [1.29, 1.82) is 0 Å². The second-order valence-corrected chi connectivity index (χ2v) is 7.54. The Labute approximate surface area is 123 Å². The van der Waals surface area contributed by atoms with Crippen LogP contribution in [0, 0.1) is 0 Å². The van der Waals surface area contributed by atoms with Crippen LogP contribution in [0.4, 0.5) is 5.82 Å². The van der Waals surface area contributed by atoms with Gasteiger partial charge in [-0.15, -0.1) is 0 Å². The molecule has 0 saturated carbocycles. The number of fused-ring (bicyclic) bond motifs is 1. The molecule has 1 fully saturated rings. The Kier molecular flexibility index (Phi) is 3.42. The molecule has 0 aliphatic carbocycles. The highest BCUT2D eigenvalue weighted by atomic mass is 32.2. The molecule has 1 saturated heterocycles. The molecule has 4 heteroatoms. The fraction of sp³-hybridized carbons (Fsp3) is 0.375. The minimum absolute atomic E-state index is 0.200. The number of carbonyl (C=O) groups is 1. The summed E-state index contributed by atoms with van der Waals surface area (Å²) >= 11 is 1.98. The maximum atomic E-state index is 11.4. The standard InChI is InChI=1S/C16H18N2OS/c1-16(2)11-18(7-8-20-16)15-13(10-19)9-12-5-3-4-6-14(12)17-15/h3-6,9-10H,7-8,11H2,1-2H3. The summed E-state index contributed by atoms with van der Waals surface area (Å²) in [6.07, 6.45) is 0.920. The van der Waals surface area contributed by atoms with Crippen molar-refractivity contribution in [3.05, 3.63) is 35.9 Å². The zero-order valence-corrected chi connectivity index (χ0v) is 12.6. The van der Waals surface area contributed by atoms with E-state index >= 15 is 0 Å². The van der Waals surface area contributed by atoms with Crippen LogP contribution in [-0.2, 0) is 0 Å². The normalized spacial score (nSPS) is 18.2. The summed E-state index contributed by atoms with van der Waals surface area (Å²) in [5.74, 6) is 1.90. The van der Waals surface area contributed by atoms with E-state index in [4.69, 9.17) is 4.98 Å². The second kappa shape index (κ2) is 5.09. The first kappa shape index (κ1) is 13.4. The van der Waals surface area contributed by atoms with Gasteiger partial charge in [0.2, 0.25) is 0 Å². The van der Waals surface area contributed by atoms with Gasteiger partial charge in [0.05, 0.1) is 11.1 Å². The van der Waals surface area contributed by atoms with Gasteiger partial charge in [-0.2, -0.15) is 11.8 Å². The van der Waals surface area contributed by atoms with Gasteiger partial charge in [-0.3, -0.25) is 4.79 Å². The van der Waals surface area contributed by atoms with Crippen molar-refractivity contribution >= 4 is 34.8 Å². The Balaban J connectivity index is 2.07. The number of hydrogen-bond donors (Lipinski definition) is 0. The molecule has 0 spiro atoms. The molecule has 0 radical (unpaired) electrons. The number of aldehydes is 1. The Morgan fingerprint density at radius 3 is 2.90 bits per heavy atom. The SMILES string of the molecule is CC1(C)CN(c2nc3ccccc3cc2C=O)CCS1. The maximum Gasteiger partial charge on any atom is 0.153 e. The van der Waals surface area contributed by atoms with Crippen LogP contribution in [0.2, 0.25) is 0 Å². The molecular weight excluding hydrogens is 268 g/mol. The summed E-state index contributed by atoms with van der Waals surface area (Å²) in [5.41, 5.74) is 1.63. The first-order valence-corrected chi connectivity index (χ1v) is 7.81. The van der Waals surface area contributed by atoms with Crippen molar-refractivity contribution in [3.63, 3.8) is 0 Å². The Hall–Kier alpha value is -1.55. The van der Waals surface area contributed by atoms with E-state index in [1.54, 1.807) is 0 Å². The first-order chi connectivity index (χ1) is 9.59. The number of nitrogens with zero attached hydrogens (tertiary/aromatic N) is 2. The van der Waals surface area contributed by atoms with Gasteiger partial charge in [0.1, 0.15) is 5.82 Å². The highest BCUT2D eigenvalue weighted by Crippen LogP contribution is 2.33. The molecule has 104 valence electrons. The van der Waals surface area contributed by atoms with Crippen LogP contribution in [-0.4, -0.2) is 34.9 Å². The van der Waals surface area contributed by atoms with Crippen molar-refractivity contribution < 1.29 is 4.79 Å². The molecule has 2 aromatic rings. The fourth-order valence-corrected chi connectivity index (χ4v) is 3.77. The van der Waals surface area contributed by atoms with E-state index in [9.17, 15) is 4.79 Å². The first-order valence-electron chi connectivity index (χ1n) is 6.83. The number of carbonyl (C=O) groups excluding carboxylic acids is 1. The smallest absolute Gasteiger partial charge is 0.153 e. The van der Waals surface area contributed by atoms with Crippen LogP contribution in [0.1, 0.15) is 24.2 Å². The molecule has 3 rings (SSSR count). The lowest BCUT2D eigenvalue weighted by Crippen LogP contribution is -2.43. The number of anilines is 1. The molecule has 1 aromatic heterocycles. The molecule has 3 nitrogen and oxygen atoms in total. The minimum atomic E-state index is 0.200. The van der Waals surface area contributed by atoms with Crippen LogP contribution in [0.25, 0.3) is 10.9 Å². The van der Waals surface area contributed by atoms with Gasteiger partial charge in [0.15, 0.2) is 6.29 Å².